The van der Waals surface area contributed by atoms with Crippen molar-refractivity contribution in [2.24, 2.45) is 0 Å². The molecule has 0 saturated carbocycles. The van der Waals surface area contributed by atoms with Gasteiger partial charge in [0, 0.05) is 26.8 Å². The smallest absolute Gasteiger partial charge is 0.258 e. The summed E-state index contributed by atoms with van der Waals surface area (Å²) in [7, 11) is 0.0346. The topological polar surface area (TPSA) is 87.9 Å². The fraction of sp³-hybridized carbons (Fsp3) is 0.500. The number of amides is 1. The van der Waals surface area contributed by atoms with Crippen LogP contribution in [0.1, 0.15) is 34.9 Å². The van der Waals surface area contributed by atoms with E-state index >= 15 is 0 Å². The first-order chi connectivity index (χ1) is 10.8. The molecule has 1 saturated heterocycles. The Hall–Kier alpha value is -2.00. The average Bonchev–Trinajstić information content (AvgIpc) is 3.12. The van der Waals surface area contributed by atoms with Gasteiger partial charge >= 0.3 is 0 Å². The van der Waals surface area contributed by atoms with Crippen molar-refractivity contribution in [2.75, 3.05) is 26.9 Å². The molecule has 3 rings (SSSR count). The molecule has 1 atom stereocenters. The Morgan fingerprint density at radius 1 is 1.39 bits per heavy atom. The Kier molecular flexibility index (Phi) is 3.85. The van der Waals surface area contributed by atoms with E-state index in [-0.39, 0.29) is 11.9 Å². The molecule has 1 fully saturated rings. The van der Waals surface area contributed by atoms with Crippen LogP contribution in [-0.2, 0) is 10.0 Å². The summed E-state index contributed by atoms with van der Waals surface area (Å²) in [5, 5.41) is 4.27. The molecule has 3 heterocycles. The van der Waals surface area contributed by atoms with Crippen molar-refractivity contribution < 1.29 is 13.2 Å². The van der Waals surface area contributed by atoms with Crippen LogP contribution in [0.25, 0.3) is 5.65 Å². The van der Waals surface area contributed by atoms with Crippen LogP contribution in [0.3, 0.4) is 0 Å². The van der Waals surface area contributed by atoms with Crippen LogP contribution in [0.2, 0.25) is 0 Å². The third kappa shape index (κ3) is 2.70. The van der Waals surface area contributed by atoms with Crippen LogP contribution in [-0.4, -0.2) is 65.0 Å². The molecule has 1 aliphatic rings. The van der Waals surface area contributed by atoms with Crippen LogP contribution in [0.5, 0.6) is 0 Å². The van der Waals surface area contributed by atoms with Gasteiger partial charge in [-0.15, -0.1) is 0 Å². The molecular formula is C14H19N5O3S. The first-order valence-corrected chi connectivity index (χ1v) is 9.16. The van der Waals surface area contributed by atoms with Crippen molar-refractivity contribution in [3.05, 3.63) is 29.7 Å². The van der Waals surface area contributed by atoms with Gasteiger partial charge in [-0.05, 0) is 18.9 Å². The van der Waals surface area contributed by atoms with Crippen molar-refractivity contribution >= 4 is 21.6 Å². The lowest BCUT2D eigenvalue weighted by Gasteiger charge is -2.22. The number of carbonyl (C=O) groups excluding carboxylic acids is 1. The summed E-state index contributed by atoms with van der Waals surface area (Å²) in [6.07, 6.45) is 5.81. The second-order valence-corrected chi connectivity index (χ2v) is 7.83. The number of nitrogens with zero attached hydrogens (tertiary/aromatic N) is 5. The number of carbonyl (C=O) groups is 1. The molecule has 0 unspecified atom stereocenters. The van der Waals surface area contributed by atoms with Gasteiger partial charge in [-0.2, -0.15) is 9.40 Å². The largest absolute Gasteiger partial charge is 0.345 e. The van der Waals surface area contributed by atoms with Crippen molar-refractivity contribution in [2.45, 2.75) is 18.9 Å². The average molecular weight is 337 g/mol. The van der Waals surface area contributed by atoms with E-state index in [1.807, 2.05) is 0 Å². The van der Waals surface area contributed by atoms with Gasteiger partial charge in [0.25, 0.3) is 5.91 Å². The highest BCUT2D eigenvalue weighted by Gasteiger charge is 2.34. The predicted octanol–water partition coefficient (Wildman–Crippen LogP) is 0.528. The minimum atomic E-state index is -3.29. The molecule has 1 aliphatic heterocycles. The minimum absolute atomic E-state index is 0.184. The summed E-state index contributed by atoms with van der Waals surface area (Å²) in [6, 6.07) is 1.48. The third-order valence-electron chi connectivity index (χ3n) is 4.04. The summed E-state index contributed by atoms with van der Waals surface area (Å²) >= 11 is 0. The summed E-state index contributed by atoms with van der Waals surface area (Å²) in [5.74, 6) is -0.184. The van der Waals surface area contributed by atoms with Crippen LogP contribution in [0, 0.1) is 0 Å². The lowest BCUT2D eigenvalue weighted by Crippen LogP contribution is -2.30. The Bertz CT molecular complexity index is 858. The van der Waals surface area contributed by atoms with E-state index in [1.165, 1.54) is 21.7 Å². The van der Waals surface area contributed by atoms with E-state index in [2.05, 4.69) is 10.1 Å². The fourth-order valence-electron chi connectivity index (χ4n) is 2.99. The second kappa shape index (κ2) is 5.57. The van der Waals surface area contributed by atoms with Crippen molar-refractivity contribution in [1.82, 2.24) is 23.8 Å². The van der Waals surface area contributed by atoms with Gasteiger partial charge < -0.3 is 4.90 Å². The molecule has 0 radical (unpaired) electrons. The van der Waals surface area contributed by atoms with E-state index in [0.29, 0.717) is 17.8 Å². The highest BCUT2D eigenvalue weighted by atomic mass is 32.2. The van der Waals surface area contributed by atoms with Crippen LogP contribution < -0.4 is 0 Å². The maximum atomic E-state index is 12.2. The van der Waals surface area contributed by atoms with Gasteiger partial charge in [-0.3, -0.25) is 4.79 Å². The number of hydrogen-bond donors (Lipinski definition) is 0. The van der Waals surface area contributed by atoms with Gasteiger partial charge in [0.05, 0.1) is 24.2 Å². The van der Waals surface area contributed by atoms with Crippen molar-refractivity contribution in [1.29, 1.82) is 0 Å². The number of hydrogen-bond acceptors (Lipinski definition) is 5. The lowest BCUT2D eigenvalue weighted by molar-refractivity contribution is 0.0829. The molecule has 0 aliphatic carbocycles. The van der Waals surface area contributed by atoms with Crippen LogP contribution in [0.15, 0.2) is 18.5 Å². The van der Waals surface area contributed by atoms with Gasteiger partial charge in [-0.1, -0.05) is 0 Å². The minimum Gasteiger partial charge on any atom is -0.345 e. The molecule has 9 heteroatoms. The Morgan fingerprint density at radius 3 is 2.78 bits per heavy atom. The van der Waals surface area contributed by atoms with Crippen LogP contribution in [0.4, 0.5) is 0 Å². The molecular weight excluding hydrogens is 318 g/mol. The number of rotatable bonds is 3. The van der Waals surface area contributed by atoms with Crippen molar-refractivity contribution in [3.63, 3.8) is 0 Å². The van der Waals surface area contributed by atoms with E-state index in [0.717, 1.165) is 18.5 Å². The molecule has 8 nitrogen and oxygen atoms in total. The third-order valence-corrected chi connectivity index (χ3v) is 5.33. The molecule has 1 amide bonds. The first-order valence-electron chi connectivity index (χ1n) is 7.32. The summed E-state index contributed by atoms with van der Waals surface area (Å²) < 4.78 is 27.0. The maximum Gasteiger partial charge on any atom is 0.258 e. The zero-order valence-corrected chi connectivity index (χ0v) is 14.1. The van der Waals surface area contributed by atoms with Gasteiger partial charge in [-0.25, -0.2) is 17.9 Å². The van der Waals surface area contributed by atoms with E-state index in [1.54, 1.807) is 30.9 Å². The fourth-order valence-corrected chi connectivity index (χ4v) is 4.12. The Morgan fingerprint density at radius 2 is 2.13 bits per heavy atom. The van der Waals surface area contributed by atoms with E-state index in [4.69, 9.17) is 0 Å². The molecule has 2 aromatic rings. The Labute approximate surface area is 134 Å². The monoisotopic (exact) mass is 337 g/mol. The number of fused-ring (bicyclic) bond motifs is 1. The van der Waals surface area contributed by atoms with E-state index < -0.39 is 10.0 Å². The van der Waals surface area contributed by atoms with Crippen LogP contribution >= 0.6 is 0 Å². The molecule has 23 heavy (non-hydrogen) atoms. The zero-order chi connectivity index (χ0) is 16.8. The lowest BCUT2D eigenvalue weighted by atomic mass is 10.1. The summed E-state index contributed by atoms with van der Waals surface area (Å²) in [4.78, 5) is 17.9. The summed E-state index contributed by atoms with van der Waals surface area (Å²) in [6.45, 7) is 0.498. The van der Waals surface area contributed by atoms with Gasteiger partial charge in [0.2, 0.25) is 10.0 Å². The SMILES string of the molecule is CN(C)C(=O)c1cnn2c([C@@H]3CCCN3S(C)(=O)=O)ccnc12. The number of aromatic nitrogens is 3. The first kappa shape index (κ1) is 15.9. The van der Waals surface area contributed by atoms with Crippen molar-refractivity contribution in [3.8, 4) is 0 Å². The number of sulfonamides is 1. The standard InChI is InChI=1S/C14H19N5O3S/c1-17(2)14(20)10-9-16-19-12(6-7-15-13(10)19)11-5-4-8-18(11)23(3,21)22/h6-7,9,11H,4-5,8H2,1-3H3/t11-/m0/s1. The highest BCUT2D eigenvalue weighted by molar-refractivity contribution is 7.88. The normalized spacial score (nSPS) is 19.3. The zero-order valence-electron chi connectivity index (χ0n) is 13.3. The molecule has 2 aromatic heterocycles. The summed E-state index contributed by atoms with van der Waals surface area (Å²) in [5.41, 5.74) is 1.58. The van der Waals surface area contributed by atoms with E-state index in [9.17, 15) is 13.2 Å². The molecule has 0 aromatic carbocycles. The predicted molar refractivity (Wildman–Crippen MR) is 84.5 cm³/mol. The van der Waals surface area contributed by atoms with Gasteiger partial charge in [0.15, 0.2) is 5.65 Å². The quantitative estimate of drug-likeness (QED) is 0.815. The second-order valence-electron chi connectivity index (χ2n) is 5.89. The molecule has 0 N–H and O–H groups in total. The molecule has 124 valence electrons. The molecule has 0 spiro atoms. The molecule has 0 bridgehead atoms. The highest BCUT2D eigenvalue weighted by Crippen LogP contribution is 2.33. The van der Waals surface area contributed by atoms with Gasteiger partial charge in [0.1, 0.15) is 5.56 Å². The Balaban J connectivity index is 2.11. The maximum absolute atomic E-state index is 12.2.